The largest absolute Gasteiger partial charge is 0.439 e. The van der Waals surface area contributed by atoms with Crippen molar-refractivity contribution in [2.45, 2.75) is 26.4 Å². The first-order valence-electron chi connectivity index (χ1n) is 10.7. The van der Waals surface area contributed by atoms with Crippen molar-refractivity contribution in [3.63, 3.8) is 0 Å². The molecule has 5 rings (SSSR count). The number of carbonyl (C=O) groups is 1. The van der Waals surface area contributed by atoms with Crippen molar-refractivity contribution in [3.8, 4) is 23.0 Å². The van der Waals surface area contributed by atoms with E-state index >= 15 is 0 Å². The second-order valence-corrected chi connectivity index (χ2v) is 7.61. The van der Waals surface area contributed by atoms with Crippen LogP contribution in [0.4, 0.5) is 4.39 Å². The van der Waals surface area contributed by atoms with Crippen LogP contribution in [-0.4, -0.2) is 41.9 Å². The zero-order valence-corrected chi connectivity index (χ0v) is 18.0. The van der Waals surface area contributed by atoms with Gasteiger partial charge in [-0.1, -0.05) is 0 Å². The Morgan fingerprint density at radius 1 is 1.09 bits per heavy atom. The predicted molar refractivity (Wildman–Crippen MR) is 118 cm³/mol. The lowest BCUT2D eigenvalue weighted by Gasteiger charge is -2.29. The minimum Gasteiger partial charge on any atom is -0.439 e. The number of aromatic nitrogens is 5. The number of carbonyl (C=O) groups excluding carboxylic acids is 1. The summed E-state index contributed by atoms with van der Waals surface area (Å²) in [6.07, 6.45) is 7.15. The lowest BCUT2D eigenvalue weighted by atomic mass is 10.1. The second kappa shape index (κ2) is 8.78. The molecule has 0 fully saturated rings. The van der Waals surface area contributed by atoms with Crippen LogP contribution >= 0.6 is 0 Å². The van der Waals surface area contributed by atoms with E-state index < -0.39 is 0 Å². The highest BCUT2D eigenvalue weighted by Gasteiger charge is 2.28. The van der Waals surface area contributed by atoms with E-state index in [0.717, 1.165) is 16.8 Å². The lowest BCUT2D eigenvalue weighted by Crippen LogP contribution is -2.37. The Hall–Kier alpha value is -4.14. The third-order valence-corrected chi connectivity index (χ3v) is 5.55. The zero-order valence-electron chi connectivity index (χ0n) is 18.0. The molecule has 0 saturated heterocycles. The minimum atomic E-state index is -0.353. The molecule has 3 aromatic heterocycles. The van der Waals surface area contributed by atoms with Crippen LogP contribution < -0.4 is 4.74 Å². The van der Waals surface area contributed by atoms with Gasteiger partial charge in [-0.05, 0) is 43.3 Å². The fourth-order valence-electron chi connectivity index (χ4n) is 3.80. The van der Waals surface area contributed by atoms with Crippen molar-refractivity contribution in [2.75, 3.05) is 6.54 Å². The maximum absolute atomic E-state index is 13.4. The zero-order chi connectivity index (χ0) is 22.8. The fraction of sp³-hybridized carbons (Fsp3) is 0.208. The monoisotopic (exact) mass is 444 g/mol. The number of amides is 1. The molecular formula is C24H21FN6O2. The summed E-state index contributed by atoms with van der Waals surface area (Å²) < 4.78 is 21.3. The summed E-state index contributed by atoms with van der Waals surface area (Å²) in [5, 5.41) is 0. The van der Waals surface area contributed by atoms with E-state index in [-0.39, 0.29) is 11.7 Å². The molecule has 33 heavy (non-hydrogen) atoms. The number of fused-ring (bicyclic) bond motifs is 1. The fourth-order valence-corrected chi connectivity index (χ4v) is 3.80. The number of rotatable bonds is 5. The highest BCUT2D eigenvalue weighted by Crippen LogP contribution is 2.32. The van der Waals surface area contributed by atoms with Gasteiger partial charge in [0.2, 0.25) is 5.88 Å². The number of halogens is 1. The minimum absolute atomic E-state index is 0.106. The topological polar surface area (TPSA) is 86.0 Å². The quantitative estimate of drug-likeness (QED) is 0.464. The molecule has 0 unspecified atom stereocenters. The summed E-state index contributed by atoms with van der Waals surface area (Å²) in [6, 6.07) is 9.40. The van der Waals surface area contributed by atoms with Gasteiger partial charge in [0.25, 0.3) is 5.91 Å². The Kier molecular flexibility index (Phi) is 5.52. The number of pyridine rings is 1. The van der Waals surface area contributed by atoms with Crippen LogP contribution in [0.2, 0.25) is 0 Å². The SMILES string of the molecule is CCn1cncc1C(=O)N1CCc2nc(-c3ccncc3)nc(Oc3ccc(F)cc3)c2C1. The summed E-state index contributed by atoms with van der Waals surface area (Å²) in [6.45, 7) is 3.44. The maximum atomic E-state index is 13.4. The number of ether oxygens (including phenoxy) is 1. The van der Waals surface area contributed by atoms with Crippen molar-refractivity contribution >= 4 is 5.91 Å². The van der Waals surface area contributed by atoms with E-state index in [9.17, 15) is 9.18 Å². The van der Waals surface area contributed by atoms with Gasteiger partial charge in [0.05, 0.1) is 30.3 Å². The van der Waals surface area contributed by atoms with Gasteiger partial charge in [-0.3, -0.25) is 9.78 Å². The van der Waals surface area contributed by atoms with Crippen LogP contribution in [0.15, 0.2) is 61.3 Å². The molecule has 0 aliphatic carbocycles. The molecule has 1 amide bonds. The second-order valence-electron chi connectivity index (χ2n) is 7.61. The summed E-state index contributed by atoms with van der Waals surface area (Å²) in [5.74, 6) is 0.849. The maximum Gasteiger partial charge on any atom is 0.272 e. The molecule has 0 spiro atoms. The van der Waals surface area contributed by atoms with Crippen LogP contribution in [0.25, 0.3) is 11.4 Å². The first kappa shape index (κ1) is 20.7. The summed E-state index contributed by atoms with van der Waals surface area (Å²) in [4.78, 5) is 32.5. The van der Waals surface area contributed by atoms with E-state index in [1.807, 2.05) is 23.6 Å². The first-order valence-corrected chi connectivity index (χ1v) is 10.7. The van der Waals surface area contributed by atoms with Gasteiger partial charge in [0.1, 0.15) is 17.3 Å². The van der Waals surface area contributed by atoms with Gasteiger partial charge >= 0.3 is 0 Å². The van der Waals surface area contributed by atoms with Crippen molar-refractivity contribution in [2.24, 2.45) is 0 Å². The van der Waals surface area contributed by atoms with E-state index in [4.69, 9.17) is 9.72 Å². The Labute approximate surface area is 189 Å². The molecule has 4 aromatic rings. The molecule has 1 aromatic carbocycles. The van der Waals surface area contributed by atoms with Gasteiger partial charge in [-0.15, -0.1) is 0 Å². The highest BCUT2D eigenvalue weighted by molar-refractivity contribution is 5.92. The average molecular weight is 444 g/mol. The van der Waals surface area contributed by atoms with Crippen LogP contribution in [0.5, 0.6) is 11.6 Å². The van der Waals surface area contributed by atoms with Gasteiger partial charge in [0, 0.05) is 37.5 Å². The molecule has 1 aliphatic rings. The number of benzene rings is 1. The summed E-state index contributed by atoms with van der Waals surface area (Å²) >= 11 is 0. The average Bonchev–Trinajstić information content (AvgIpc) is 3.34. The Balaban J connectivity index is 1.52. The molecule has 166 valence electrons. The normalized spacial score (nSPS) is 13.0. The number of nitrogens with zero attached hydrogens (tertiary/aromatic N) is 6. The van der Waals surface area contributed by atoms with Crippen molar-refractivity contribution in [1.82, 2.24) is 29.4 Å². The number of hydrogen-bond acceptors (Lipinski definition) is 6. The molecule has 4 heterocycles. The van der Waals surface area contributed by atoms with E-state index in [2.05, 4.69) is 15.0 Å². The number of aryl methyl sites for hydroxylation is 1. The van der Waals surface area contributed by atoms with E-state index in [1.54, 1.807) is 42.0 Å². The Morgan fingerprint density at radius 3 is 2.64 bits per heavy atom. The first-order chi connectivity index (χ1) is 16.1. The van der Waals surface area contributed by atoms with Crippen molar-refractivity contribution < 1.29 is 13.9 Å². The molecule has 0 N–H and O–H groups in total. The molecule has 0 atom stereocenters. The van der Waals surface area contributed by atoms with Gasteiger partial charge in [-0.25, -0.2) is 14.4 Å². The van der Waals surface area contributed by atoms with E-state index in [1.165, 1.54) is 12.1 Å². The molecule has 0 radical (unpaired) electrons. The lowest BCUT2D eigenvalue weighted by molar-refractivity contribution is 0.0721. The number of hydrogen-bond donors (Lipinski definition) is 0. The number of imidazole rings is 1. The molecule has 9 heteroatoms. The third-order valence-electron chi connectivity index (χ3n) is 5.55. The summed E-state index contributed by atoms with van der Waals surface area (Å²) in [5.41, 5.74) is 2.90. The van der Waals surface area contributed by atoms with Crippen LogP contribution in [-0.2, 0) is 19.5 Å². The van der Waals surface area contributed by atoms with Gasteiger partial charge < -0.3 is 14.2 Å². The van der Waals surface area contributed by atoms with Gasteiger partial charge in [0.15, 0.2) is 5.82 Å². The standard InChI is InChI=1S/C24H21FN6O2/c1-2-30-15-27-13-21(30)24(32)31-12-9-20-19(14-31)23(33-18-5-3-17(25)4-6-18)29-22(28-20)16-7-10-26-11-8-16/h3-8,10-11,13,15H,2,9,12,14H2,1H3. The summed E-state index contributed by atoms with van der Waals surface area (Å²) in [7, 11) is 0. The Bertz CT molecular complexity index is 1290. The molecular weight excluding hydrogens is 423 g/mol. The van der Waals surface area contributed by atoms with Crippen LogP contribution in [0.1, 0.15) is 28.7 Å². The van der Waals surface area contributed by atoms with Crippen molar-refractivity contribution in [3.05, 3.63) is 84.1 Å². The van der Waals surface area contributed by atoms with Crippen LogP contribution in [0, 0.1) is 5.82 Å². The third kappa shape index (κ3) is 4.17. The molecule has 0 bridgehead atoms. The molecule has 1 aliphatic heterocycles. The van der Waals surface area contributed by atoms with Gasteiger partial charge in [-0.2, -0.15) is 4.98 Å². The predicted octanol–water partition coefficient (Wildman–Crippen LogP) is 3.88. The Morgan fingerprint density at radius 2 is 1.88 bits per heavy atom. The molecule has 8 nitrogen and oxygen atoms in total. The highest BCUT2D eigenvalue weighted by atomic mass is 19.1. The van der Waals surface area contributed by atoms with Crippen molar-refractivity contribution in [1.29, 1.82) is 0 Å². The molecule has 0 saturated carbocycles. The smallest absolute Gasteiger partial charge is 0.272 e. The van der Waals surface area contributed by atoms with E-state index in [0.29, 0.717) is 49.2 Å². The van der Waals surface area contributed by atoms with Crippen LogP contribution in [0.3, 0.4) is 0 Å².